The zero-order valence-electron chi connectivity index (χ0n) is 10.5. The number of carbonyl (C=O) groups is 1. The van der Waals surface area contributed by atoms with Gasteiger partial charge in [-0.1, -0.05) is 30.3 Å². The molecule has 2 fully saturated rings. The summed E-state index contributed by atoms with van der Waals surface area (Å²) < 4.78 is 0. The van der Waals surface area contributed by atoms with Crippen LogP contribution in [0.3, 0.4) is 0 Å². The van der Waals surface area contributed by atoms with Gasteiger partial charge in [-0.25, -0.2) is 0 Å². The van der Waals surface area contributed by atoms with Crippen molar-refractivity contribution in [3.8, 4) is 0 Å². The molecule has 1 aromatic rings. The Balaban J connectivity index is 1.47. The van der Waals surface area contributed by atoms with Gasteiger partial charge in [-0.2, -0.15) is 0 Å². The molecule has 1 amide bonds. The summed E-state index contributed by atoms with van der Waals surface area (Å²) in [6.45, 7) is 0.640. The zero-order valence-corrected chi connectivity index (χ0v) is 10.5. The number of hydrogen-bond acceptors (Lipinski definition) is 2. The van der Waals surface area contributed by atoms with Crippen LogP contribution in [0.1, 0.15) is 30.7 Å². The molecule has 0 spiro atoms. The lowest BCUT2D eigenvalue weighted by atomic mass is 10.1. The highest BCUT2D eigenvalue weighted by molar-refractivity contribution is 5.82. The predicted octanol–water partition coefficient (Wildman–Crippen LogP) is 1.64. The van der Waals surface area contributed by atoms with Crippen LogP contribution in [-0.2, 0) is 4.79 Å². The summed E-state index contributed by atoms with van der Waals surface area (Å²) in [5, 5.41) is 3.00. The number of nitrogens with two attached hydrogens (primary N) is 1. The summed E-state index contributed by atoms with van der Waals surface area (Å²) in [4.78, 5) is 12.0. The summed E-state index contributed by atoms with van der Waals surface area (Å²) in [5.74, 6) is 1.41. The molecule has 96 valence electrons. The Kier molecular flexibility index (Phi) is 3.08. The highest BCUT2D eigenvalue weighted by atomic mass is 16.2. The largest absolute Gasteiger partial charge is 0.354 e. The molecule has 0 aromatic heterocycles. The predicted molar refractivity (Wildman–Crippen MR) is 71.0 cm³/mol. The third kappa shape index (κ3) is 2.56. The molecule has 2 aliphatic carbocycles. The quantitative estimate of drug-likeness (QED) is 0.827. The van der Waals surface area contributed by atoms with Crippen LogP contribution in [0.5, 0.6) is 0 Å². The first-order chi connectivity index (χ1) is 8.75. The van der Waals surface area contributed by atoms with Crippen LogP contribution in [0.15, 0.2) is 30.3 Å². The maximum Gasteiger partial charge on any atom is 0.223 e. The minimum absolute atomic E-state index is 0.155. The smallest absolute Gasteiger partial charge is 0.223 e. The van der Waals surface area contributed by atoms with Crippen molar-refractivity contribution in [3.63, 3.8) is 0 Å². The van der Waals surface area contributed by atoms with E-state index in [-0.39, 0.29) is 17.9 Å². The molecule has 2 aliphatic rings. The summed E-state index contributed by atoms with van der Waals surface area (Å²) in [7, 11) is 0. The Morgan fingerprint density at radius 3 is 2.72 bits per heavy atom. The van der Waals surface area contributed by atoms with Crippen LogP contribution in [0.25, 0.3) is 0 Å². The van der Waals surface area contributed by atoms with Crippen LogP contribution < -0.4 is 11.1 Å². The van der Waals surface area contributed by atoms with E-state index in [1.165, 1.54) is 18.4 Å². The van der Waals surface area contributed by atoms with Gasteiger partial charge in [-0.3, -0.25) is 4.79 Å². The minimum Gasteiger partial charge on any atom is -0.354 e. The molecule has 0 saturated heterocycles. The maximum atomic E-state index is 12.0. The standard InChI is InChI=1S/C15H20N2O/c16-14(11-6-7-11)9-17-15(18)13-8-12(13)10-4-2-1-3-5-10/h1-5,11-14H,6-9,16H2,(H,17,18). The summed E-state index contributed by atoms with van der Waals surface area (Å²) in [5.41, 5.74) is 7.26. The normalized spacial score (nSPS) is 27.6. The molecule has 3 heteroatoms. The van der Waals surface area contributed by atoms with Crippen molar-refractivity contribution in [2.24, 2.45) is 17.6 Å². The van der Waals surface area contributed by atoms with Crippen molar-refractivity contribution in [2.75, 3.05) is 6.54 Å². The van der Waals surface area contributed by atoms with Crippen molar-refractivity contribution in [3.05, 3.63) is 35.9 Å². The summed E-state index contributed by atoms with van der Waals surface area (Å²) in [6, 6.07) is 10.4. The average Bonchev–Trinajstić information content (AvgIpc) is 3.29. The van der Waals surface area contributed by atoms with Crippen LogP contribution >= 0.6 is 0 Å². The number of amides is 1. The first-order valence-corrected chi connectivity index (χ1v) is 6.84. The molecular formula is C15H20N2O. The molecule has 3 atom stereocenters. The SMILES string of the molecule is NC(CNC(=O)C1CC1c1ccccc1)C1CC1. The molecule has 0 heterocycles. The monoisotopic (exact) mass is 244 g/mol. The van der Waals surface area contributed by atoms with Gasteiger partial charge in [-0.15, -0.1) is 0 Å². The van der Waals surface area contributed by atoms with E-state index in [0.29, 0.717) is 18.4 Å². The van der Waals surface area contributed by atoms with E-state index in [9.17, 15) is 4.79 Å². The Morgan fingerprint density at radius 2 is 2.06 bits per heavy atom. The fourth-order valence-corrected chi connectivity index (χ4v) is 2.59. The molecule has 3 N–H and O–H groups in total. The van der Waals surface area contributed by atoms with Gasteiger partial charge in [0.2, 0.25) is 5.91 Å². The van der Waals surface area contributed by atoms with Crippen molar-refractivity contribution in [2.45, 2.75) is 31.2 Å². The number of rotatable bonds is 5. The van der Waals surface area contributed by atoms with Crippen molar-refractivity contribution in [1.29, 1.82) is 0 Å². The van der Waals surface area contributed by atoms with Gasteiger partial charge in [0.15, 0.2) is 0 Å². The summed E-state index contributed by atoms with van der Waals surface area (Å²) >= 11 is 0. The third-order valence-corrected chi connectivity index (χ3v) is 4.09. The second-order valence-corrected chi connectivity index (χ2v) is 5.61. The Hall–Kier alpha value is -1.35. The maximum absolute atomic E-state index is 12.0. The lowest BCUT2D eigenvalue weighted by Gasteiger charge is -2.11. The first kappa shape index (κ1) is 11.7. The molecule has 1 aromatic carbocycles. The zero-order chi connectivity index (χ0) is 12.5. The van der Waals surface area contributed by atoms with Crippen molar-refractivity contribution >= 4 is 5.91 Å². The van der Waals surface area contributed by atoms with Gasteiger partial charge in [0.05, 0.1) is 0 Å². The highest BCUT2D eigenvalue weighted by Crippen LogP contribution is 2.47. The van der Waals surface area contributed by atoms with Gasteiger partial charge in [0, 0.05) is 18.5 Å². The van der Waals surface area contributed by atoms with Gasteiger partial charge in [-0.05, 0) is 36.7 Å². The lowest BCUT2D eigenvalue weighted by Crippen LogP contribution is -2.39. The number of hydrogen-bond donors (Lipinski definition) is 2. The van der Waals surface area contributed by atoms with Gasteiger partial charge < -0.3 is 11.1 Å². The van der Waals surface area contributed by atoms with E-state index in [2.05, 4.69) is 17.4 Å². The van der Waals surface area contributed by atoms with Crippen LogP contribution in [0, 0.1) is 11.8 Å². The van der Waals surface area contributed by atoms with Crippen LogP contribution in [0.2, 0.25) is 0 Å². The highest BCUT2D eigenvalue weighted by Gasteiger charge is 2.43. The topological polar surface area (TPSA) is 55.1 Å². The van der Waals surface area contributed by atoms with E-state index < -0.39 is 0 Å². The molecule has 0 aliphatic heterocycles. The van der Waals surface area contributed by atoms with E-state index >= 15 is 0 Å². The molecule has 0 bridgehead atoms. The number of carbonyl (C=O) groups excluding carboxylic acids is 1. The van der Waals surface area contributed by atoms with E-state index in [1.54, 1.807) is 0 Å². The van der Waals surface area contributed by atoms with Crippen LogP contribution in [0.4, 0.5) is 0 Å². The van der Waals surface area contributed by atoms with E-state index in [4.69, 9.17) is 5.73 Å². The number of nitrogens with one attached hydrogen (secondary N) is 1. The second-order valence-electron chi connectivity index (χ2n) is 5.61. The molecule has 3 unspecified atom stereocenters. The molecule has 3 nitrogen and oxygen atoms in total. The lowest BCUT2D eigenvalue weighted by molar-refractivity contribution is -0.122. The Morgan fingerprint density at radius 1 is 1.33 bits per heavy atom. The summed E-state index contributed by atoms with van der Waals surface area (Å²) in [6.07, 6.45) is 3.44. The second kappa shape index (κ2) is 4.73. The molecule has 0 radical (unpaired) electrons. The average molecular weight is 244 g/mol. The van der Waals surface area contributed by atoms with Gasteiger partial charge in [0.1, 0.15) is 0 Å². The third-order valence-electron chi connectivity index (χ3n) is 4.09. The molecule has 3 rings (SSSR count). The van der Waals surface area contributed by atoms with Gasteiger partial charge >= 0.3 is 0 Å². The van der Waals surface area contributed by atoms with Crippen molar-refractivity contribution in [1.82, 2.24) is 5.32 Å². The van der Waals surface area contributed by atoms with E-state index in [1.807, 2.05) is 18.2 Å². The molecular weight excluding hydrogens is 224 g/mol. The Labute approximate surface area is 108 Å². The minimum atomic E-state index is 0.155. The molecule has 18 heavy (non-hydrogen) atoms. The van der Waals surface area contributed by atoms with Crippen molar-refractivity contribution < 1.29 is 4.79 Å². The first-order valence-electron chi connectivity index (χ1n) is 6.84. The molecule has 2 saturated carbocycles. The fraction of sp³-hybridized carbons (Fsp3) is 0.533. The van der Waals surface area contributed by atoms with E-state index in [0.717, 1.165) is 6.42 Å². The van der Waals surface area contributed by atoms with Gasteiger partial charge in [0.25, 0.3) is 0 Å². The van der Waals surface area contributed by atoms with Crippen LogP contribution in [-0.4, -0.2) is 18.5 Å². The Bertz CT molecular complexity index is 427. The fourth-order valence-electron chi connectivity index (χ4n) is 2.59. The number of benzene rings is 1.